The fraction of sp³-hybridized carbons (Fsp3) is 0.355. The van der Waals surface area contributed by atoms with Crippen LogP contribution in [0.2, 0.25) is 0 Å². The first kappa shape index (κ1) is 31.1. The zero-order chi connectivity index (χ0) is 31.1. The quantitative estimate of drug-likeness (QED) is 0.272. The SMILES string of the molecule is C[C@@H](OC[C@@]1(c2ccccc2)CN(C(C)(C)C)C(=O)N1C(=O)c1ccccc1)c1cc(C(F)(F)F)cc(C(F)(F)F)c1. The number of amides is 3. The van der Waals surface area contributed by atoms with Crippen LogP contribution in [0.4, 0.5) is 31.1 Å². The van der Waals surface area contributed by atoms with Crippen molar-refractivity contribution in [1.29, 1.82) is 0 Å². The number of alkyl halides is 6. The van der Waals surface area contributed by atoms with Crippen LogP contribution in [0.15, 0.2) is 78.9 Å². The van der Waals surface area contributed by atoms with Crippen LogP contribution in [0.3, 0.4) is 0 Å². The van der Waals surface area contributed by atoms with Gasteiger partial charge in [0, 0.05) is 11.1 Å². The number of urea groups is 1. The molecule has 11 heteroatoms. The van der Waals surface area contributed by atoms with E-state index in [1.807, 2.05) is 0 Å². The highest BCUT2D eigenvalue weighted by atomic mass is 19.4. The van der Waals surface area contributed by atoms with Gasteiger partial charge in [-0.2, -0.15) is 26.3 Å². The molecule has 4 rings (SSSR count). The van der Waals surface area contributed by atoms with E-state index in [0.29, 0.717) is 17.7 Å². The largest absolute Gasteiger partial charge is 0.416 e. The molecule has 1 saturated heterocycles. The van der Waals surface area contributed by atoms with Gasteiger partial charge in [-0.1, -0.05) is 48.5 Å². The molecule has 3 aromatic carbocycles. The van der Waals surface area contributed by atoms with Gasteiger partial charge in [-0.3, -0.25) is 4.79 Å². The molecule has 0 radical (unpaired) electrons. The Bertz CT molecular complexity index is 1400. The van der Waals surface area contributed by atoms with Crippen molar-refractivity contribution in [1.82, 2.24) is 9.80 Å². The van der Waals surface area contributed by atoms with Gasteiger partial charge in [-0.05, 0) is 69.2 Å². The van der Waals surface area contributed by atoms with Crippen molar-refractivity contribution in [3.8, 4) is 0 Å². The molecule has 0 unspecified atom stereocenters. The van der Waals surface area contributed by atoms with Crippen LogP contribution in [0.5, 0.6) is 0 Å². The Morgan fingerprint density at radius 1 is 0.857 bits per heavy atom. The molecule has 5 nitrogen and oxygen atoms in total. The first-order chi connectivity index (χ1) is 19.4. The Kier molecular flexibility index (Phi) is 8.21. The highest BCUT2D eigenvalue weighted by Crippen LogP contribution is 2.43. The van der Waals surface area contributed by atoms with Crippen molar-refractivity contribution < 1.29 is 40.7 Å². The van der Waals surface area contributed by atoms with Crippen LogP contribution in [-0.2, 0) is 22.6 Å². The zero-order valence-corrected chi connectivity index (χ0v) is 23.4. The van der Waals surface area contributed by atoms with Gasteiger partial charge < -0.3 is 9.64 Å². The monoisotopic (exact) mass is 592 g/mol. The van der Waals surface area contributed by atoms with E-state index in [1.165, 1.54) is 11.8 Å². The minimum atomic E-state index is -5.02. The molecule has 3 amide bonds. The second-order valence-corrected chi connectivity index (χ2v) is 11.2. The number of rotatable bonds is 6. The number of ether oxygens (including phenoxy) is 1. The minimum Gasteiger partial charge on any atom is -0.371 e. The molecular formula is C31H30F6N2O3. The van der Waals surface area contributed by atoms with Crippen LogP contribution in [-0.4, -0.2) is 40.4 Å². The van der Waals surface area contributed by atoms with E-state index in [9.17, 15) is 35.9 Å². The number of nitrogens with zero attached hydrogens (tertiary/aromatic N) is 2. The summed E-state index contributed by atoms with van der Waals surface area (Å²) in [6.07, 6.45) is -11.3. The number of carbonyl (C=O) groups excluding carboxylic acids is 2. The maximum absolute atomic E-state index is 13.9. The standard InChI is InChI=1S/C31H30F6N2O3/c1-20(22-15-24(30(32,33)34)17-25(16-22)31(35,36)37)42-19-29(23-13-9-6-10-14-23)18-38(28(2,3)4)27(41)39(29)26(40)21-11-7-5-8-12-21/h5-17,20H,18-19H2,1-4H3/t20-,29-/m1/s1. The average Bonchev–Trinajstić information content (AvgIpc) is 3.24. The lowest BCUT2D eigenvalue weighted by Gasteiger charge is -2.37. The molecule has 0 spiro atoms. The fourth-order valence-electron chi connectivity index (χ4n) is 4.95. The number of hydrogen-bond acceptors (Lipinski definition) is 3. The molecule has 3 aromatic rings. The van der Waals surface area contributed by atoms with Crippen LogP contribution in [0.1, 0.15) is 66.4 Å². The van der Waals surface area contributed by atoms with E-state index in [2.05, 4.69) is 0 Å². The Hall–Kier alpha value is -3.86. The van der Waals surface area contributed by atoms with Crippen LogP contribution in [0.25, 0.3) is 0 Å². The van der Waals surface area contributed by atoms with E-state index in [1.54, 1.807) is 81.4 Å². The van der Waals surface area contributed by atoms with Crippen molar-refractivity contribution in [2.24, 2.45) is 0 Å². The van der Waals surface area contributed by atoms with Gasteiger partial charge in [0.05, 0.1) is 30.4 Å². The second-order valence-electron chi connectivity index (χ2n) is 11.2. The normalized spacial score (nSPS) is 18.9. The maximum Gasteiger partial charge on any atom is 0.416 e. The van der Waals surface area contributed by atoms with Crippen LogP contribution in [0, 0.1) is 0 Å². The molecule has 2 atom stereocenters. The summed E-state index contributed by atoms with van der Waals surface area (Å²) in [6, 6.07) is 17.3. The van der Waals surface area contributed by atoms with Gasteiger partial charge in [0.15, 0.2) is 0 Å². The van der Waals surface area contributed by atoms with Gasteiger partial charge in [-0.25, -0.2) is 9.69 Å². The predicted octanol–water partition coefficient (Wildman–Crippen LogP) is 8.07. The summed E-state index contributed by atoms with van der Waals surface area (Å²) in [6.45, 7) is 6.29. The smallest absolute Gasteiger partial charge is 0.371 e. The Balaban J connectivity index is 1.81. The average molecular weight is 593 g/mol. The van der Waals surface area contributed by atoms with Crippen LogP contribution < -0.4 is 0 Å². The van der Waals surface area contributed by atoms with Crippen molar-refractivity contribution in [2.75, 3.05) is 13.2 Å². The molecule has 1 aliphatic heterocycles. The Morgan fingerprint density at radius 2 is 1.36 bits per heavy atom. The third-order valence-electron chi connectivity index (χ3n) is 7.27. The fourth-order valence-corrected chi connectivity index (χ4v) is 4.95. The van der Waals surface area contributed by atoms with E-state index in [-0.39, 0.29) is 23.7 Å². The summed E-state index contributed by atoms with van der Waals surface area (Å²) < 4.78 is 87.1. The van der Waals surface area contributed by atoms with E-state index < -0.39 is 59.2 Å². The summed E-state index contributed by atoms with van der Waals surface area (Å²) in [7, 11) is 0. The Morgan fingerprint density at radius 3 is 1.83 bits per heavy atom. The van der Waals surface area contributed by atoms with E-state index in [4.69, 9.17) is 4.74 Å². The molecule has 0 N–H and O–H groups in total. The second kappa shape index (κ2) is 11.1. The highest BCUT2D eigenvalue weighted by molar-refractivity contribution is 6.06. The molecular weight excluding hydrogens is 562 g/mol. The van der Waals surface area contributed by atoms with Crippen molar-refractivity contribution in [2.45, 2.75) is 57.2 Å². The van der Waals surface area contributed by atoms with Crippen molar-refractivity contribution >= 4 is 11.9 Å². The number of imide groups is 1. The van der Waals surface area contributed by atoms with Gasteiger partial charge in [0.2, 0.25) is 0 Å². The lowest BCUT2D eigenvalue weighted by Crippen LogP contribution is -2.51. The lowest BCUT2D eigenvalue weighted by molar-refractivity contribution is -0.143. The minimum absolute atomic E-state index is 0.0268. The molecule has 0 saturated carbocycles. The Labute approximate surface area is 239 Å². The number of benzene rings is 3. The third-order valence-corrected chi connectivity index (χ3v) is 7.27. The first-order valence-corrected chi connectivity index (χ1v) is 13.1. The highest BCUT2D eigenvalue weighted by Gasteiger charge is 2.56. The van der Waals surface area contributed by atoms with E-state index >= 15 is 0 Å². The van der Waals surface area contributed by atoms with Gasteiger partial charge in [0.25, 0.3) is 5.91 Å². The molecule has 42 heavy (non-hydrogen) atoms. The molecule has 0 aromatic heterocycles. The predicted molar refractivity (Wildman–Crippen MR) is 143 cm³/mol. The molecule has 224 valence electrons. The van der Waals surface area contributed by atoms with Gasteiger partial charge in [0.1, 0.15) is 5.54 Å². The molecule has 0 aliphatic carbocycles. The maximum atomic E-state index is 13.9. The van der Waals surface area contributed by atoms with Crippen molar-refractivity contribution in [3.63, 3.8) is 0 Å². The lowest BCUT2D eigenvalue weighted by atomic mass is 9.88. The topological polar surface area (TPSA) is 49.9 Å². The molecule has 1 fully saturated rings. The zero-order valence-electron chi connectivity index (χ0n) is 23.4. The number of halogens is 6. The van der Waals surface area contributed by atoms with Gasteiger partial charge >= 0.3 is 18.4 Å². The molecule has 1 aliphatic rings. The molecule has 0 bridgehead atoms. The van der Waals surface area contributed by atoms with E-state index in [0.717, 1.165) is 4.90 Å². The summed E-state index contributed by atoms with van der Waals surface area (Å²) in [5, 5.41) is 0. The van der Waals surface area contributed by atoms with Crippen LogP contribution >= 0.6 is 0 Å². The number of carbonyl (C=O) groups is 2. The van der Waals surface area contributed by atoms with Crippen molar-refractivity contribution in [3.05, 3.63) is 107 Å². The summed E-state index contributed by atoms with van der Waals surface area (Å²) in [5.74, 6) is -0.620. The van der Waals surface area contributed by atoms with Gasteiger partial charge in [-0.15, -0.1) is 0 Å². The number of hydrogen-bond donors (Lipinski definition) is 0. The molecule has 1 heterocycles. The summed E-state index contributed by atoms with van der Waals surface area (Å²) in [5.41, 5.74) is -4.73. The third kappa shape index (κ3) is 6.16. The first-order valence-electron chi connectivity index (χ1n) is 13.1. The summed E-state index contributed by atoms with van der Waals surface area (Å²) in [4.78, 5) is 30.4. The summed E-state index contributed by atoms with van der Waals surface area (Å²) >= 11 is 0.